The average molecular weight is 632 g/mol. The zero-order valence-electron chi connectivity index (χ0n) is 25.0. The average Bonchev–Trinajstić information content (AvgIpc) is 3.21. The van der Waals surface area contributed by atoms with E-state index in [9.17, 15) is 18.9 Å². The second-order valence-electron chi connectivity index (χ2n) is 11.0. The fourth-order valence-corrected chi connectivity index (χ4v) is 7.28. The summed E-state index contributed by atoms with van der Waals surface area (Å²) in [4.78, 5) is 41.6. The molecule has 2 aliphatic rings. The Morgan fingerprint density at radius 3 is 2.43 bits per heavy atom. The second kappa shape index (κ2) is 11.5. The van der Waals surface area contributed by atoms with Gasteiger partial charge in [-0.15, -0.1) is 0 Å². The van der Waals surface area contributed by atoms with Gasteiger partial charge in [0.25, 0.3) is 0 Å². The number of aromatic nitrogens is 3. The number of carbonyl (C=O) groups excluding carboxylic acids is 3. The standard InChI is InChI=1S/C28H34N5O10P/c1-15(2)38-25(36)16(3)32-44(37,42-19-10-8-7-9-11-19)43-26-27(6)28(26,40-18(5)35)23(39-17(4)34)22(41-27)20-12-13-21-24(29)30-14-31-33(20)21/h7-16,22-23,26H,1-6H3,(H,32,37)(H2,29,30,31)/t16-,22-,23-,26?,27+,28+,44+/m0/s1. The Morgan fingerprint density at radius 2 is 1.80 bits per heavy atom. The lowest BCUT2D eigenvalue weighted by Gasteiger charge is -2.30. The lowest BCUT2D eigenvalue weighted by molar-refractivity contribution is -0.174. The number of anilines is 1. The van der Waals surface area contributed by atoms with Crippen molar-refractivity contribution in [1.82, 2.24) is 19.7 Å². The fraction of sp³-hybridized carbons (Fsp3) is 0.464. The van der Waals surface area contributed by atoms with Crippen molar-refractivity contribution in [2.75, 3.05) is 5.73 Å². The number of benzene rings is 1. The summed E-state index contributed by atoms with van der Waals surface area (Å²) in [6.45, 7) is 8.72. The third-order valence-electron chi connectivity index (χ3n) is 7.33. The van der Waals surface area contributed by atoms with Crippen LogP contribution < -0.4 is 15.3 Å². The number of nitrogen functional groups attached to an aromatic ring is 1. The van der Waals surface area contributed by atoms with E-state index in [0.717, 1.165) is 0 Å². The Balaban J connectivity index is 1.54. The minimum absolute atomic E-state index is 0.164. The van der Waals surface area contributed by atoms with Gasteiger partial charge in [0.2, 0.25) is 5.60 Å². The zero-order chi connectivity index (χ0) is 32.0. The normalized spacial score (nSPS) is 27.7. The summed E-state index contributed by atoms with van der Waals surface area (Å²) >= 11 is 0. The van der Waals surface area contributed by atoms with E-state index in [0.29, 0.717) is 11.2 Å². The van der Waals surface area contributed by atoms with Crippen LogP contribution in [0, 0.1) is 0 Å². The molecular formula is C28H34N5O10P. The number of fused-ring (bicyclic) bond motifs is 2. The molecule has 1 aliphatic heterocycles. The molecule has 3 heterocycles. The van der Waals surface area contributed by atoms with E-state index in [2.05, 4.69) is 15.2 Å². The van der Waals surface area contributed by atoms with E-state index in [1.54, 1.807) is 63.2 Å². The van der Waals surface area contributed by atoms with Crippen LogP contribution in [-0.2, 0) is 42.4 Å². The number of rotatable bonds is 11. The Kier molecular flexibility index (Phi) is 8.18. The van der Waals surface area contributed by atoms with Gasteiger partial charge in [0.15, 0.2) is 11.9 Å². The van der Waals surface area contributed by atoms with Gasteiger partial charge in [-0.2, -0.15) is 10.2 Å². The molecule has 1 aliphatic carbocycles. The number of carbonyl (C=O) groups is 3. The van der Waals surface area contributed by atoms with Crippen molar-refractivity contribution < 1.29 is 46.9 Å². The maximum Gasteiger partial charge on any atom is 0.459 e. The zero-order valence-corrected chi connectivity index (χ0v) is 25.8. The molecule has 0 radical (unpaired) electrons. The molecule has 0 spiro atoms. The number of hydrogen-bond acceptors (Lipinski definition) is 13. The molecule has 236 valence electrons. The van der Waals surface area contributed by atoms with Gasteiger partial charge in [-0.25, -0.2) is 14.1 Å². The van der Waals surface area contributed by atoms with Crippen molar-refractivity contribution in [1.29, 1.82) is 0 Å². The Labute approximate surface area is 252 Å². The molecule has 0 amide bonds. The predicted molar refractivity (Wildman–Crippen MR) is 153 cm³/mol. The molecule has 1 aromatic carbocycles. The minimum atomic E-state index is -4.46. The predicted octanol–water partition coefficient (Wildman–Crippen LogP) is 2.89. The molecule has 2 aromatic heterocycles. The van der Waals surface area contributed by atoms with Gasteiger partial charge in [-0.1, -0.05) is 18.2 Å². The molecule has 16 heteroatoms. The Morgan fingerprint density at radius 1 is 1.09 bits per heavy atom. The summed E-state index contributed by atoms with van der Waals surface area (Å²) in [6, 6.07) is 10.3. The molecule has 3 N–H and O–H groups in total. The Bertz CT molecular complexity index is 1630. The lowest BCUT2D eigenvalue weighted by atomic mass is 10.0. The number of nitrogens with one attached hydrogen (secondary N) is 1. The molecular weight excluding hydrogens is 597 g/mol. The molecule has 1 unspecified atom stereocenters. The molecule has 5 rings (SSSR count). The van der Waals surface area contributed by atoms with Crippen LogP contribution in [0.2, 0.25) is 0 Å². The summed E-state index contributed by atoms with van der Waals surface area (Å²) in [5.74, 6) is -1.77. The first kappa shape index (κ1) is 31.4. The van der Waals surface area contributed by atoms with Crippen molar-refractivity contribution >= 4 is 37.0 Å². The molecule has 7 atom stereocenters. The van der Waals surface area contributed by atoms with Gasteiger partial charge in [-0.3, -0.25) is 18.9 Å². The van der Waals surface area contributed by atoms with Crippen LogP contribution in [0.4, 0.5) is 5.82 Å². The molecule has 1 saturated heterocycles. The van der Waals surface area contributed by atoms with Gasteiger partial charge in [0.05, 0.1) is 11.8 Å². The van der Waals surface area contributed by atoms with Crippen LogP contribution in [0.25, 0.3) is 5.52 Å². The highest BCUT2D eigenvalue weighted by atomic mass is 31.2. The van der Waals surface area contributed by atoms with Crippen molar-refractivity contribution in [3.63, 3.8) is 0 Å². The maximum absolute atomic E-state index is 14.4. The molecule has 0 bridgehead atoms. The highest BCUT2D eigenvalue weighted by Crippen LogP contribution is 2.70. The number of nitrogens with two attached hydrogens (primary N) is 1. The van der Waals surface area contributed by atoms with Crippen LogP contribution >= 0.6 is 7.75 Å². The van der Waals surface area contributed by atoms with Crippen LogP contribution in [-0.4, -0.2) is 68.1 Å². The van der Waals surface area contributed by atoms with Gasteiger partial charge < -0.3 is 29.2 Å². The number of esters is 3. The fourth-order valence-electron chi connectivity index (χ4n) is 5.51. The van der Waals surface area contributed by atoms with Gasteiger partial charge in [0, 0.05) is 13.8 Å². The van der Waals surface area contributed by atoms with E-state index in [1.165, 1.54) is 31.6 Å². The lowest BCUT2D eigenvalue weighted by Crippen LogP contribution is -2.43. The number of nitrogens with zero attached hydrogens (tertiary/aromatic N) is 3. The van der Waals surface area contributed by atoms with Crippen molar-refractivity contribution in [2.24, 2.45) is 0 Å². The third kappa shape index (κ3) is 5.52. The van der Waals surface area contributed by atoms with Crippen LogP contribution in [0.15, 0.2) is 48.8 Å². The molecule has 44 heavy (non-hydrogen) atoms. The summed E-state index contributed by atoms with van der Waals surface area (Å²) in [5, 5.41) is 6.87. The van der Waals surface area contributed by atoms with Gasteiger partial charge in [0.1, 0.15) is 41.4 Å². The molecule has 1 saturated carbocycles. The largest absolute Gasteiger partial charge is 0.462 e. The van der Waals surface area contributed by atoms with Crippen molar-refractivity contribution in [2.45, 2.75) is 83.2 Å². The number of ether oxygens (including phenoxy) is 4. The minimum Gasteiger partial charge on any atom is -0.462 e. The Hall–Kier alpha value is -4.04. The topological polar surface area (TPSA) is 192 Å². The molecule has 2 fully saturated rings. The van der Waals surface area contributed by atoms with Gasteiger partial charge >= 0.3 is 25.7 Å². The number of hydrogen-bond donors (Lipinski definition) is 2. The van der Waals surface area contributed by atoms with E-state index >= 15 is 0 Å². The highest BCUT2D eigenvalue weighted by Gasteiger charge is 2.91. The van der Waals surface area contributed by atoms with E-state index < -0.39 is 67.3 Å². The SMILES string of the molecule is CC(=O)O[C@H]1[C@H](c2ccc3c(N)ncnn23)O[C@]2(C)C(O[P@@](=O)(N[C@@H](C)C(=O)OC(C)C)Oc3ccccc3)[C@]12OC(C)=O. The third-order valence-corrected chi connectivity index (χ3v) is 8.97. The maximum atomic E-state index is 14.4. The monoisotopic (exact) mass is 631 g/mol. The highest BCUT2D eigenvalue weighted by molar-refractivity contribution is 7.52. The van der Waals surface area contributed by atoms with E-state index in [1.807, 2.05) is 0 Å². The van der Waals surface area contributed by atoms with Crippen LogP contribution in [0.3, 0.4) is 0 Å². The summed E-state index contributed by atoms with van der Waals surface area (Å²) in [5.41, 5.74) is 3.61. The quantitative estimate of drug-likeness (QED) is 0.178. The molecule has 3 aromatic rings. The van der Waals surface area contributed by atoms with Gasteiger partial charge in [-0.05, 0) is 52.0 Å². The first-order chi connectivity index (χ1) is 20.7. The smallest absolute Gasteiger partial charge is 0.459 e. The second-order valence-corrected chi connectivity index (χ2v) is 12.6. The summed E-state index contributed by atoms with van der Waals surface area (Å²) < 4.78 is 51.0. The first-order valence-corrected chi connectivity index (χ1v) is 15.4. The summed E-state index contributed by atoms with van der Waals surface area (Å²) in [7, 11) is -4.46. The van der Waals surface area contributed by atoms with E-state index in [-0.39, 0.29) is 11.6 Å². The molecule has 15 nitrogen and oxygen atoms in total. The first-order valence-electron chi connectivity index (χ1n) is 13.8. The van der Waals surface area contributed by atoms with Crippen molar-refractivity contribution in [3.05, 3.63) is 54.5 Å². The van der Waals surface area contributed by atoms with Crippen LogP contribution in [0.5, 0.6) is 5.75 Å². The van der Waals surface area contributed by atoms with Crippen molar-refractivity contribution in [3.8, 4) is 5.75 Å². The van der Waals surface area contributed by atoms with E-state index in [4.69, 9.17) is 33.7 Å². The number of para-hydroxylation sites is 1. The van der Waals surface area contributed by atoms with Crippen LogP contribution in [0.1, 0.15) is 53.3 Å². The summed E-state index contributed by atoms with van der Waals surface area (Å²) in [6.07, 6.45) is -2.78.